The lowest BCUT2D eigenvalue weighted by molar-refractivity contribution is 0.101. The number of fused-ring (bicyclic) bond motifs is 1. The predicted octanol–water partition coefficient (Wildman–Crippen LogP) is 2.66. The molecule has 2 heterocycles. The van der Waals surface area contributed by atoms with Crippen molar-refractivity contribution in [1.29, 1.82) is 0 Å². The number of carbonyl (C=O) groups is 1. The molecule has 2 aromatic heterocycles. The van der Waals surface area contributed by atoms with Crippen LogP contribution in [0.25, 0.3) is 11.0 Å². The number of benzene rings is 1. The van der Waals surface area contributed by atoms with Crippen LogP contribution in [0.4, 0.5) is 5.69 Å². The zero-order valence-corrected chi connectivity index (χ0v) is 15.5. The number of imidazole rings is 1. The smallest absolute Gasteiger partial charge is 0.272 e. The van der Waals surface area contributed by atoms with Crippen LogP contribution in [0.3, 0.4) is 0 Å². The van der Waals surface area contributed by atoms with E-state index in [4.69, 9.17) is 4.74 Å². The molecule has 0 spiro atoms. The van der Waals surface area contributed by atoms with Gasteiger partial charge in [-0.3, -0.25) is 9.59 Å². The number of hydrogen-bond donors (Lipinski definition) is 1. The number of nitrogens with one attached hydrogen (secondary N) is 1. The molecule has 136 valence electrons. The van der Waals surface area contributed by atoms with Gasteiger partial charge in [0, 0.05) is 31.8 Å². The number of aromatic nitrogens is 3. The summed E-state index contributed by atoms with van der Waals surface area (Å²) in [4.78, 5) is 29.1. The molecule has 0 radical (unpaired) electrons. The minimum Gasteiger partial charge on any atom is -0.491 e. The third-order valence-electron chi connectivity index (χ3n) is 4.34. The van der Waals surface area contributed by atoms with Crippen molar-refractivity contribution in [2.24, 2.45) is 14.1 Å². The summed E-state index contributed by atoms with van der Waals surface area (Å²) in [6, 6.07) is 6.86. The maximum absolute atomic E-state index is 12.6. The van der Waals surface area contributed by atoms with E-state index in [1.165, 1.54) is 19.4 Å². The van der Waals surface area contributed by atoms with Crippen LogP contribution < -0.4 is 15.5 Å². The fourth-order valence-electron chi connectivity index (χ4n) is 2.99. The van der Waals surface area contributed by atoms with Gasteiger partial charge in [0.1, 0.15) is 11.5 Å². The molecule has 26 heavy (non-hydrogen) atoms. The Balaban J connectivity index is 1.92. The molecular formula is C19H22N4O3. The molecule has 0 saturated carbocycles. The Hall–Kier alpha value is -3.09. The predicted molar refractivity (Wildman–Crippen MR) is 101 cm³/mol. The molecule has 0 aliphatic rings. The molecule has 0 bridgehead atoms. The summed E-state index contributed by atoms with van der Waals surface area (Å²) in [6.07, 6.45) is 1.49. The lowest BCUT2D eigenvalue weighted by Gasteiger charge is -2.11. The fraction of sp³-hybridized carbons (Fsp3) is 0.316. The van der Waals surface area contributed by atoms with E-state index in [2.05, 4.69) is 28.7 Å². The van der Waals surface area contributed by atoms with Gasteiger partial charge in [-0.2, -0.15) is 0 Å². The van der Waals surface area contributed by atoms with Crippen molar-refractivity contribution in [2.45, 2.75) is 19.8 Å². The molecule has 1 amide bonds. The normalized spacial score (nSPS) is 11.2. The minimum absolute atomic E-state index is 0.195. The molecule has 7 heteroatoms. The first-order chi connectivity index (χ1) is 12.3. The SMILES string of the molecule is COc1cn(C)c(C(=O)Nc2ccc3c(c2)nc(C(C)C)n3C)cc1=O. The lowest BCUT2D eigenvalue weighted by atomic mass is 10.2. The van der Waals surface area contributed by atoms with Crippen LogP contribution in [-0.2, 0) is 14.1 Å². The Morgan fingerprint density at radius 2 is 1.96 bits per heavy atom. The second-order valence-electron chi connectivity index (χ2n) is 6.54. The van der Waals surface area contributed by atoms with Gasteiger partial charge in [0.2, 0.25) is 5.43 Å². The van der Waals surface area contributed by atoms with Crippen molar-refractivity contribution < 1.29 is 9.53 Å². The van der Waals surface area contributed by atoms with E-state index < -0.39 is 0 Å². The first-order valence-corrected chi connectivity index (χ1v) is 8.34. The van der Waals surface area contributed by atoms with Crippen molar-refractivity contribution in [2.75, 3.05) is 12.4 Å². The Bertz CT molecular complexity index is 1050. The van der Waals surface area contributed by atoms with Crippen molar-refractivity contribution in [1.82, 2.24) is 14.1 Å². The summed E-state index contributed by atoms with van der Waals surface area (Å²) in [5.74, 6) is 1.12. The van der Waals surface area contributed by atoms with Crippen LogP contribution in [0.1, 0.15) is 36.1 Å². The van der Waals surface area contributed by atoms with E-state index in [9.17, 15) is 9.59 Å². The van der Waals surface area contributed by atoms with Gasteiger partial charge in [-0.25, -0.2) is 4.98 Å². The Morgan fingerprint density at radius 1 is 1.23 bits per heavy atom. The van der Waals surface area contributed by atoms with E-state index in [1.807, 2.05) is 25.2 Å². The van der Waals surface area contributed by atoms with Gasteiger partial charge in [0.25, 0.3) is 5.91 Å². The van der Waals surface area contributed by atoms with Gasteiger partial charge in [-0.05, 0) is 18.2 Å². The topological polar surface area (TPSA) is 78.2 Å². The number of nitrogens with zero attached hydrogens (tertiary/aromatic N) is 3. The molecule has 0 atom stereocenters. The number of amides is 1. The van der Waals surface area contributed by atoms with Gasteiger partial charge >= 0.3 is 0 Å². The number of rotatable bonds is 4. The molecule has 1 aromatic carbocycles. The highest BCUT2D eigenvalue weighted by atomic mass is 16.5. The number of pyridine rings is 1. The average molecular weight is 354 g/mol. The van der Waals surface area contributed by atoms with Crippen LogP contribution in [0.5, 0.6) is 5.75 Å². The summed E-state index contributed by atoms with van der Waals surface area (Å²) in [5.41, 5.74) is 2.36. The molecule has 0 aliphatic heterocycles. The molecule has 1 N–H and O–H groups in total. The maximum Gasteiger partial charge on any atom is 0.272 e. The summed E-state index contributed by atoms with van der Waals surface area (Å²) in [7, 11) is 5.09. The largest absolute Gasteiger partial charge is 0.491 e. The first kappa shape index (κ1) is 17.7. The van der Waals surface area contributed by atoms with Gasteiger partial charge < -0.3 is 19.2 Å². The average Bonchev–Trinajstić information content (AvgIpc) is 2.93. The molecular weight excluding hydrogens is 332 g/mol. The fourth-order valence-corrected chi connectivity index (χ4v) is 2.99. The van der Waals surface area contributed by atoms with Crippen LogP contribution in [-0.4, -0.2) is 27.1 Å². The Kier molecular flexibility index (Phi) is 4.54. The zero-order valence-electron chi connectivity index (χ0n) is 15.5. The van der Waals surface area contributed by atoms with Crippen molar-refractivity contribution in [3.8, 4) is 5.75 Å². The Labute approximate surface area is 151 Å². The van der Waals surface area contributed by atoms with E-state index in [0.717, 1.165) is 16.9 Å². The van der Waals surface area contributed by atoms with Crippen LogP contribution in [0.2, 0.25) is 0 Å². The second kappa shape index (κ2) is 6.67. The van der Waals surface area contributed by atoms with Gasteiger partial charge in [0.15, 0.2) is 5.75 Å². The quantitative estimate of drug-likeness (QED) is 0.781. The molecule has 0 fully saturated rings. The molecule has 3 aromatic rings. The molecule has 0 unspecified atom stereocenters. The highest BCUT2D eigenvalue weighted by molar-refractivity contribution is 6.03. The van der Waals surface area contributed by atoms with Gasteiger partial charge in [-0.1, -0.05) is 13.8 Å². The number of anilines is 1. The summed E-state index contributed by atoms with van der Waals surface area (Å²) >= 11 is 0. The van der Waals surface area contributed by atoms with Crippen molar-refractivity contribution in [3.05, 3.63) is 52.2 Å². The minimum atomic E-state index is -0.369. The summed E-state index contributed by atoms with van der Waals surface area (Å²) < 4.78 is 8.60. The first-order valence-electron chi connectivity index (χ1n) is 8.34. The van der Waals surface area contributed by atoms with E-state index in [-0.39, 0.29) is 22.8 Å². The van der Waals surface area contributed by atoms with E-state index in [1.54, 1.807) is 11.6 Å². The van der Waals surface area contributed by atoms with E-state index in [0.29, 0.717) is 11.6 Å². The van der Waals surface area contributed by atoms with Gasteiger partial charge in [0.05, 0.1) is 24.3 Å². The number of methoxy groups -OCH3 is 1. The van der Waals surface area contributed by atoms with Crippen LogP contribution >= 0.6 is 0 Å². The highest BCUT2D eigenvalue weighted by Crippen LogP contribution is 2.23. The Morgan fingerprint density at radius 3 is 2.62 bits per heavy atom. The zero-order chi connectivity index (χ0) is 19.0. The molecule has 0 saturated heterocycles. The van der Waals surface area contributed by atoms with Crippen LogP contribution in [0, 0.1) is 0 Å². The second-order valence-corrected chi connectivity index (χ2v) is 6.54. The highest BCUT2D eigenvalue weighted by Gasteiger charge is 2.15. The number of hydrogen-bond acceptors (Lipinski definition) is 4. The third kappa shape index (κ3) is 3.08. The monoisotopic (exact) mass is 354 g/mol. The molecule has 0 aliphatic carbocycles. The molecule has 3 rings (SSSR count). The number of ether oxygens (including phenoxy) is 1. The van der Waals surface area contributed by atoms with Gasteiger partial charge in [-0.15, -0.1) is 0 Å². The maximum atomic E-state index is 12.6. The van der Waals surface area contributed by atoms with Crippen molar-refractivity contribution >= 4 is 22.6 Å². The third-order valence-corrected chi connectivity index (χ3v) is 4.34. The standard InChI is InChI=1S/C19H22N4O3/c1-11(2)18-21-13-8-12(6-7-14(13)23(18)4)20-19(25)15-9-16(24)17(26-5)10-22(15)3/h6-11H,1-5H3,(H,20,25). The number of carbonyl (C=O) groups excluding carboxylic acids is 1. The lowest BCUT2D eigenvalue weighted by Crippen LogP contribution is -2.21. The molecule has 7 nitrogen and oxygen atoms in total. The summed E-state index contributed by atoms with van der Waals surface area (Å²) in [5, 5.41) is 2.83. The number of aryl methyl sites for hydroxylation is 2. The van der Waals surface area contributed by atoms with Crippen molar-refractivity contribution in [3.63, 3.8) is 0 Å². The van der Waals surface area contributed by atoms with E-state index >= 15 is 0 Å². The van der Waals surface area contributed by atoms with Crippen LogP contribution in [0.15, 0.2) is 35.3 Å². The summed E-state index contributed by atoms with van der Waals surface area (Å²) in [6.45, 7) is 4.18.